The summed E-state index contributed by atoms with van der Waals surface area (Å²) in [6, 6.07) is 7.43. The number of rotatable bonds is 10. The lowest BCUT2D eigenvalue weighted by Crippen LogP contribution is -2.39. The standard InChI is InChI=1S/C21H30N4O4S.HI/c1-6-28-20(26)18-14(2)24-19(30-18)15(3)25-21(22-4)23-11-8-12-29-17-10-7-9-16(13-17)27-5;/h7,9-10,13,15H,6,8,11-12H2,1-5H3,(H2,22,23,25);1H. The normalized spacial score (nSPS) is 11.8. The number of methoxy groups -OCH3 is 1. The van der Waals surface area contributed by atoms with E-state index in [1.54, 1.807) is 21.1 Å². The number of thiazole rings is 1. The maximum atomic E-state index is 12.0. The molecule has 0 saturated heterocycles. The quantitative estimate of drug-likeness (QED) is 0.149. The molecule has 31 heavy (non-hydrogen) atoms. The van der Waals surface area contributed by atoms with Gasteiger partial charge in [0.15, 0.2) is 5.96 Å². The largest absolute Gasteiger partial charge is 0.497 e. The Morgan fingerprint density at radius 1 is 1.32 bits per heavy atom. The Morgan fingerprint density at radius 3 is 2.74 bits per heavy atom. The number of carbonyl (C=O) groups is 1. The molecule has 0 aliphatic carbocycles. The first-order valence-electron chi connectivity index (χ1n) is 9.87. The van der Waals surface area contributed by atoms with Crippen LogP contribution in [0.5, 0.6) is 11.5 Å². The Kier molecular flexibility index (Phi) is 12.2. The van der Waals surface area contributed by atoms with Gasteiger partial charge >= 0.3 is 5.97 Å². The summed E-state index contributed by atoms with van der Waals surface area (Å²) in [5.41, 5.74) is 0.680. The average molecular weight is 562 g/mol. The van der Waals surface area contributed by atoms with Crippen LogP contribution in [0.1, 0.15) is 46.7 Å². The average Bonchev–Trinajstić information content (AvgIpc) is 3.14. The molecule has 0 bridgehead atoms. The van der Waals surface area contributed by atoms with Gasteiger partial charge in [-0.1, -0.05) is 6.07 Å². The molecule has 0 aliphatic heterocycles. The second-order valence-corrected chi connectivity index (χ2v) is 7.46. The highest BCUT2D eigenvalue weighted by molar-refractivity contribution is 14.0. The Labute approximate surface area is 204 Å². The minimum atomic E-state index is -0.329. The minimum Gasteiger partial charge on any atom is -0.497 e. The summed E-state index contributed by atoms with van der Waals surface area (Å²) in [4.78, 5) is 21.3. The first-order chi connectivity index (χ1) is 14.5. The van der Waals surface area contributed by atoms with Crippen LogP contribution in [0.3, 0.4) is 0 Å². The fourth-order valence-electron chi connectivity index (χ4n) is 2.61. The first-order valence-corrected chi connectivity index (χ1v) is 10.7. The van der Waals surface area contributed by atoms with Gasteiger partial charge < -0.3 is 24.8 Å². The number of carbonyl (C=O) groups excluding carboxylic acids is 1. The van der Waals surface area contributed by atoms with Crippen molar-refractivity contribution in [2.45, 2.75) is 33.2 Å². The van der Waals surface area contributed by atoms with Crippen molar-refractivity contribution in [3.63, 3.8) is 0 Å². The third-order valence-electron chi connectivity index (χ3n) is 4.14. The molecule has 2 rings (SSSR count). The molecule has 0 saturated carbocycles. The van der Waals surface area contributed by atoms with Crippen molar-refractivity contribution in [2.75, 3.05) is 33.9 Å². The third-order valence-corrected chi connectivity index (χ3v) is 5.46. The van der Waals surface area contributed by atoms with Crippen molar-refractivity contribution in [1.29, 1.82) is 0 Å². The van der Waals surface area contributed by atoms with Gasteiger partial charge in [-0.05, 0) is 39.3 Å². The molecular weight excluding hydrogens is 531 g/mol. The first kappa shape index (κ1) is 27.0. The van der Waals surface area contributed by atoms with Gasteiger partial charge in [0.25, 0.3) is 0 Å². The van der Waals surface area contributed by atoms with Gasteiger partial charge in [0.05, 0.1) is 32.1 Å². The number of hydrogen-bond donors (Lipinski definition) is 2. The lowest BCUT2D eigenvalue weighted by molar-refractivity contribution is 0.0531. The van der Waals surface area contributed by atoms with E-state index in [4.69, 9.17) is 14.2 Å². The summed E-state index contributed by atoms with van der Waals surface area (Å²) in [5.74, 6) is 1.88. The summed E-state index contributed by atoms with van der Waals surface area (Å²) in [6.45, 7) is 7.19. The Morgan fingerprint density at radius 2 is 2.06 bits per heavy atom. The van der Waals surface area contributed by atoms with Gasteiger partial charge in [0.1, 0.15) is 21.4 Å². The van der Waals surface area contributed by atoms with Gasteiger partial charge in [-0.15, -0.1) is 35.3 Å². The van der Waals surface area contributed by atoms with Crippen LogP contribution in [-0.2, 0) is 4.74 Å². The Bertz CT molecular complexity index is 860. The van der Waals surface area contributed by atoms with Crippen LogP contribution in [0.15, 0.2) is 29.3 Å². The van der Waals surface area contributed by atoms with Gasteiger partial charge in [0, 0.05) is 19.7 Å². The van der Waals surface area contributed by atoms with Crippen molar-refractivity contribution in [3.8, 4) is 11.5 Å². The SMILES string of the molecule is CCOC(=O)c1sc(C(C)NC(=NC)NCCCOc2cccc(OC)c2)nc1C.I. The van der Waals surface area contributed by atoms with Crippen molar-refractivity contribution >= 4 is 47.2 Å². The molecule has 1 heterocycles. The second-order valence-electron chi connectivity index (χ2n) is 6.43. The molecule has 0 spiro atoms. The van der Waals surface area contributed by atoms with Crippen molar-refractivity contribution in [2.24, 2.45) is 4.99 Å². The van der Waals surface area contributed by atoms with Crippen LogP contribution in [0.2, 0.25) is 0 Å². The summed E-state index contributed by atoms with van der Waals surface area (Å²) >= 11 is 1.34. The molecule has 0 amide bonds. The molecule has 2 N–H and O–H groups in total. The minimum absolute atomic E-state index is 0. The summed E-state index contributed by atoms with van der Waals surface area (Å²) < 4.78 is 16.0. The molecule has 1 unspecified atom stereocenters. The number of aromatic nitrogens is 1. The van der Waals surface area contributed by atoms with Gasteiger partial charge in [-0.2, -0.15) is 0 Å². The van der Waals surface area contributed by atoms with Gasteiger partial charge in [-0.25, -0.2) is 9.78 Å². The highest BCUT2D eigenvalue weighted by Gasteiger charge is 2.20. The Balaban J connectivity index is 0.00000480. The Hall–Kier alpha value is -2.08. The van der Waals surface area contributed by atoms with Crippen LogP contribution >= 0.6 is 35.3 Å². The van der Waals surface area contributed by atoms with Gasteiger partial charge in [0.2, 0.25) is 0 Å². The third kappa shape index (κ3) is 8.52. The van der Waals surface area contributed by atoms with Gasteiger partial charge in [-0.3, -0.25) is 4.99 Å². The molecular formula is C21H31IN4O4S. The van der Waals surface area contributed by atoms with E-state index >= 15 is 0 Å². The molecule has 1 aromatic carbocycles. The summed E-state index contributed by atoms with van der Waals surface area (Å²) in [5, 5.41) is 7.36. The number of ether oxygens (including phenoxy) is 3. The molecule has 0 fully saturated rings. The number of aryl methyl sites for hydroxylation is 1. The zero-order valence-electron chi connectivity index (χ0n) is 18.6. The second kappa shape index (κ2) is 14.1. The predicted molar refractivity (Wildman–Crippen MR) is 134 cm³/mol. The predicted octanol–water partition coefficient (Wildman–Crippen LogP) is 3.95. The zero-order chi connectivity index (χ0) is 21.9. The van der Waals surface area contributed by atoms with Crippen molar-refractivity contribution in [3.05, 3.63) is 39.8 Å². The molecule has 0 radical (unpaired) electrons. The molecule has 172 valence electrons. The van der Waals surface area contributed by atoms with E-state index in [-0.39, 0.29) is 36.0 Å². The van der Waals surface area contributed by atoms with E-state index in [2.05, 4.69) is 20.6 Å². The number of benzene rings is 1. The summed E-state index contributed by atoms with van der Waals surface area (Å²) in [7, 11) is 3.35. The van der Waals surface area contributed by atoms with E-state index in [0.717, 1.165) is 22.9 Å². The number of guanidine groups is 1. The lowest BCUT2D eigenvalue weighted by Gasteiger charge is -2.16. The van der Waals surface area contributed by atoms with Crippen molar-refractivity contribution < 1.29 is 19.0 Å². The molecule has 0 aliphatic rings. The number of hydrogen-bond acceptors (Lipinski definition) is 7. The van der Waals surface area contributed by atoms with Crippen molar-refractivity contribution in [1.82, 2.24) is 15.6 Å². The molecule has 10 heteroatoms. The number of nitrogens with one attached hydrogen (secondary N) is 2. The number of nitrogens with zero attached hydrogens (tertiary/aromatic N) is 2. The number of aliphatic imine (C=N–C) groups is 1. The molecule has 1 aromatic heterocycles. The van der Waals surface area contributed by atoms with E-state index in [0.29, 0.717) is 36.3 Å². The number of esters is 1. The molecule has 2 aromatic rings. The zero-order valence-corrected chi connectivity index (χ0v) is 21.7. The monoisotopic (exact) mass is 562 g/mol. The van der Waals surface area contributed by atoms with Crippen LogP contribution in [-0.4, -0.2) is 50.8 Å². The number of halogens is 1. The van der Waals surface area contributed by atoms with E-state index < -0.39 is 0 Å². The topological polar surface area (TPSA) is 94.1 Å². The molecule has 8 nitrogen and oxygen atoms in total. The summed E-state index contributed by atoms with van der Waals surface area (Å²) in [6.07, 6.45) is 0.801. The maximum absolute atomic E-state index is 12.0. The van der Waals surface area contributed by atoms with E-state index in [9.17, 15) is 4.79 Å². The molecule has 1 atom stereocenters. The van der Waals surface area contributed by atoms with Crippen LogP contribution in [0.25, 0.3) is 0 Å². The highest BCUT2D eigenvalue weighted by Crippen LogP contribution is 2.24. The van der Waals surface area contributed by atoms with Crippen LogP contribution < -0.4 is 20.1 Å². The fourth-order valence-corrected chi connectivity index (χ4v) is 3.57. The fraction of sp³-hybridized carbons (Fsp3) is 0.476. The highest BCUT2D eigenvalue weighted by atomic mass is 127. The smallest absolute Gasteiger partial charge is 0.350 e. The van der Waals surface area contributed by atoms with E-state index in [1.165, 1.54) is 11.3 Å². The maximum Gasteiger partial charge on any atom is 0.350 e. The lowest BCUT2D eigenvalue weighted by atomic mass is 10.3. The van der Waals surface area contributed by atoms with Crippen LogP contribution in [0.4, 0.5) is 0 Å². The van der Waals surface area contributed by atoms with Crippen LogP contribution in [0, 0.1) is 6.92 Å². The van der Waals surface area contributed by atoms with E-state index in [1.807, 2.05) is 38.1 Å².